The first-order chi connectivity index (χ1) is 9.40. The van der Waals surface area contributed by atoms with Crippen LogP contribution in [-0.2, 0) is 0 Å². The minimum atomic E-state index is 0.747. The summed E-state index contributed by atoms with van der Waals surface area (Å²) >= 11 is 0. The zero-order valence-electron chi connectivity index (χ0n) is 11.4. The lowest BCUT2D eigenvalue weighted by atomic mass is 10.2. The van der Waals surface area contributed by atoms with Gasteiger partial charge >= 0.3 is 0 Å². The molecule has 0 aliphatic carbocycles. The molecule has 0 atom stereocenters. The number of hydrogen-bond acceptors (Lipinski definition) is 3. The Labute approximate surface area is 114 Å². The molecule has 0 N–H and O–H groups in total. The van der Waals surface area contributed by atoms with E-state index in [0.29, 0.717) is 0 Å². The highest BCUT2D eigenvalue weighted by atomic mass is 16.5. The van der Waals surface area contributed by atoms with E-state index in [4.69, 9.17) is 4.74 Å². The van der Waals surface area contributed by atoms with Gasteiger partial charge in [-0.3, -0.25) is 0 Å². The smallest absolute Gasteiger partial charge is 0.159 e. The molecule has 0 aliphatic rings. The summed E-state index contributed by atoms with van der Waals surface area (Å²) < 4.78 is 5.70. The topological polar surface area (TPSA) is 35.0 Å². The molecule has 0 amide bonds. The van der Waals surface area contributed by atoms with E-state index in [-0.39, 0.29) is 0 Å². The monoisotopic (exact) mass is 256 g/mol. The van der Waals surface area contributed by atoms with Gasteiger partial charge in [0.05, 0.1) is 6.61 Å². The van der Waals surface area contributed by atoms with Crippen LogP contribution in [0.3, 0.4) is 0 Å². The first-order valence-corrected chi connectivity index (χ1v) is 6.90. The summed E-state index contributed by atoms with van der Waals surface area (Å²) in [4.78, 5) is 8.45. The molecule has 3 nitrogen and oxygen atoms in total. The number of rotatable bonds is 7. The second kappa shape index (κ2) is 7.52. The molecule has 2 rings (SSSR count). The summed E-state index contributed by atoms with van der Waals surface area (Å²) in [6, 6.07) is 9.77. The van der Waals surface area contributed by atoms with Crippen LogP contribution in [0.2, 0.25) is 0 Å². The third-order valence-corrected chi connectivity index (χ3v) is 2.94. The Morgan fingerprint density at radius 2 is 1.68 bits per heavy atom. The van der Waals surface area contributed by atoms with Crippen LogP contribution >= 0.6 is 0 Å². The minimum Gasteiger partial charge on any atom is -0.494 e. The maximum Gasteiger partial charge on any atom is 0.159 e. The molecule has 0 fully saturated rings. The molecule has 1 aromatic carbocycles. The number of nitrogens with zero attached hydrogens (tertiary/aromatic N) is 2. The molecular weight excluding hydrogens is 236 g/mol. The first-order valence-electron chi connectivity index (χ1n) is 6.90. The van der Waals surface area contributed by atoms with Crippen LogP contribution < -0.4 is 4.74 Å². The Kier molecular flexibility index (Phi) is 5.35. The second-order valence-corrected chi connectivity index (χ2v) is 4.51. The van der Waals surface area contributed by atoms with Gasteiger partial charge in [0.2, 0.25) is 0 Å². The van der Waals surface area contributed by atoms with Crippen molar-refractivity contribution < 1.29 is 4.74 Å². The Bertz CT molecular complexity index is 468. The fourth-order valence-electron chi connectivity index (χ4n) is 1.87. The summed E-state index contributed by atoms with van der Waals surface area (Å²) in [5, 5.41) is 0. The van der Waals surface area contributed by atoms with Crippen molar-refractivity contribution >= 4 is 0 Å². The van der Waals surface area contributed by atoms with Crippen molar-refractivity contribution in [1.29, 1.82) is 0 Å². The molecule has 3 heteroatoms. The van der Waals surface area contributed by atoms with Crippen molar-refractivity contribution in [2.24, 2.45) is 0 Å². The van der Waals surface area contributed by atoms with Gasteiger partial charge in [0.1, 0.15) is 5.75 Å². The zero-order valence-corrected chi connectivity index (χ0v) is 11.4. The molecule has 1 heterocycles. The number of benzene rings is 1. The van der Waals surface area contributed by atoms with Gasteiger partial charge in [-0.1, -0.05) is 26.2 Å². The Morgan fingerprint density at radius 1 is 0.947 bits per heavy atom. The van der Waals surface area contributed by atoms with Crippen molar-refractivity contribution in [3.05, 3.63) is 42.7 Å². The molecule has 2 aromatic rings. The van der Waals surface area contributed by atoms with Crippen molar-refractivity contribution in [3.63, 3.8) is 0 Å². The van der Waals surface area contributed by atoms with Crippen molar-refractivity contribution in [1.82, 2.24) is 9.97 Å². The third kappa shape index (κ3) is 4.36. The van der Waals surface area contributed by atoms with Gasteiger partial charge in [0.15, 0.2) is 5.82 Å². The van der Waals surface area contributed by atoms with Crippen molar-refractivity contribution in [2.45, 2.75) is 32.6 Å². The average Bonchev–Trinajstić information content (AvgIpc) is 2.49. The van der Waals surface area contributed by atoms with Crippen LogP contribution in [0.25, 0.3) is 11.4 Å². The highest BCUT2D eigenvalue weighted by Crippen LogP contribution is 2.19. The van der Waals surface area contributed by atoms with Gasteiger partial charge in [-0.15, -0.1) is 0 Å². The van der Waals surface area contributed by atoms with Gasteiger partial charge in [-0.05, 0) is 36.8 Å². The molecule has 1 aromatic heterocycles. The lowest BCUT2D eigenvalue weighted by Gasteiger charge is -2.06. The Hall–Kier alpha value is -1.90. The molecule has 0 saturated carbocycles. The lowest BCUT2D eigenvalue weighted by molar-refractivity contribution is 0.305. The fourth-order valence-corrected chi connectivity index (χ4v) is 1.87. The van der Waals surface area contributed by atoms with E-state index >= 15 is 0 Å². The van der Waals surface area contributed by atoms with E-state index in [9.17, 15) is 0 Å². The normalized spacial score (nSPS) is 10.4. The fraction of sp³-hybridized carbons (Fsp3) is 0.375. The molecule has 0 bridgehead atoms. The average molecular weight is 256 g/mol. The molecule has 0 aliphatic heterocycles. The highest BCUT2D eigenvalue weighted by molar-refractivity contribution is 5.55. The predicted molar refractivity (Wildman–Crippen MR) is 77.1 cm³/mol. The molecule has 0 spiro atoms. The van der Waals surface area contributed by atoms with E-state index in [1.807, 2.05) is 30.3 Å². The SMILES string of the molecule is CCCCCCOc1ccc(-c2ncccn2)cc1. The standard InChI is InChI=1S/C16H20N2O/c1-2-3-4-5-13-19-15-9-7-14(8-10-15)16-17-11-6-12-18-16/h6-12H,2-5,13H2,1H3. The number of hydrogen-bond donors (Lipinski definition) is 0. The summed E-state index contributed by atoms with van der Waals surface area (Å²) in [5.41, 5.74) is 1.01. The van der Waals surface area contributed by atoms with E-state index in [1.54, 1.807) is 12.4 Å². The zero-order chi connectivity index (χ0) is 13.3. The largest absolute Gasteiger partial charge is 0.494 e. The molecule has 0 radical (unpaired) electrons. The van der Waals surface area contributed by atoms with Crippen LogP contribution in [0.5, 0.6) is 5.75 Å². The molecule has 19 heavy (non-hydrogen) atoms. The van der Waals surface area contributed by atoms with Crippen LogP contribution in [0.15, 0.2) is 42.7 Å². The maximum absolute atomic E-state index is 5.70. The number of ether oxygens (including phenoxy) is 1. The Balaban J connectivity index is 1.85. The summed E-state index contributed by atoms with van der Waals surface area (Å²) in [5.74, 6) is 1.66. The van der Waals surface area contributed by atoms with Crippen LogP contribution in [0, 0.1) is 0 Å². The quantitative estimate of drug-likeness (QED) is 0.699. The summed E-state index contributed by atoms with van der Waals surface area (Å²) in [6.07, 6.45) is 8.41. The minimum absolute atomic E-state index is 0.747. The Morgan fingerprint density at radius 3 is 2.37 bits per heavy atom. The van der Waals surface area contributed by atoms with E-state index in [2.05, 4.69) is 16.9 Å². The van der Waals surface area contributed by atoms with Crippen molar-refractivity contribution in [2.75, 3.05) is 6.61 Å². The third-order valence-electron chi connectivity index (χ3n) is 2.94. The van der Waals surface area contributed by atoms with E-state index in [1.165, 1.54) is 19.3 Å². The van der Waals surface area contributed by atoms with Gasteiger partial charge in [0.25, 0.3) is 0 Å². The number of unbranched alkanes of at least 4 members (excludes halogenated alkanes) is 3. The van der Waals surface area contributed by atoms with Gasteiger partial charge in [-0.2, -0.15) is 0 Å². The van der Waals surface area contributed by atoms with Crippen molar-refractivity contribution in [3.8, 4) is 17.1 Å². The summed E-state index contributed by atoms with van der Waals surface area (Å²) in [7, 11) is 0. The summed E-state index contributed by atoms with van der Waals surface area (Å²) in [6.45, 7) is 3.01. The van der Waals surface area contributed by atoms with Crippen LogP contribution in [0.4, 0.5) is 0 Å². The highest BCUT2D eigenvalue weighted by Gasteiger charge is 2.00. The molecule has 100 valence electrons. The van der Waals surface area contributed by atoms with E-state index < -0.39 is 0 Å². The number of aromatic nitrogens is 2. The molecular formula is C16H20N2O. The van der Waals surface area contributed by atoms with Crippen LogP contribution in [-0.4, -0.2) is 16.6 Å². The maximum atomic E-state index is 5.70. The van der Waals surface area contributed by atoms with E-state index in [0.717, 1.165) is 30.2 Å². The first kappa shape index (κ1) is 13.5. The van der Waals surface area contributed by atoms with Crippen LogP contribution in [0.1, 0.15) is 32.6 Å². The second-order valence-electron chi connectivity index (χ2n) is 4.51. The molecule has 0 unspecified atom stereocenters. The lowest BCUT2D eigenvalue weighted by Crippen LogP contribution is -1.97. The predicted octanol–water partition coefficient (Wildman–Crippen LogP) is 4.10. The molecule has 0 saturated heterocycles. The van der Waals surface area contributed by atoms with Gasteiger partial charge in [0, 0.05) is 18.0 Å². The van der Waals surface area contributed by atoms with Gasteiger partial charge < -0.3 is 4.74 Å². The van der Waals surface area contributed by atoms with Gasteiger partial charge in [-0.25, -0.2) is 9.97 Å².